The van der Waals surface area contributed by atoms with E-state index in [4.69, 9.17) is 4.42 Å². The van der Waals surface area contributed by atoms with E-state index >= 15 is 0 Å². The van der Waals surface area contributed by atoms with Crippen molar-refractivity contribution in [1.29, 1.82) is 0 Å². The van der Waals surface area contributed by atoms with Gasteiger partial charge in [-0.05, 0) is 37.2 Å². The first kappa shape index (κ1) is 9.01. The number of nitrogens with zero attached hydrogens (tertiary/aromatic N) is 1. The first-order valence-corrected chi connectivity index (χ1v) is 5.61. The largest absolute Gasteiger partial charge is 0.438 e. The molecule has 1 aromatic heterocycles. The van der Waals surface area contributed by atoms with E-state index in [0.29, 0.717) is 11.2 Å². The molecule has 0 amide bonds. The van der Waals surface area contributed by atoms with Crippen molar-refractivity contribution in [2.45, 2.75) is 25.7 Å². The Kier molecular flexibility index (Phi) is 1.87. The molecule has 0 unspecified atom stereocenters. The van der Waals surface area contributed by atoms with E-state index in [1.807, 2.05) is 6.07 Å². The minimum absolute atomic E-state index is 0.428. The van der Waals surface area contributed by atoms with Crippen molar-refractivity contribution in [3.8, 4) is 0 Å². The molecule has 3 nitrogen and oxygen atoms in total. The fourth-order valence-electron chi connectivity index (χ4n) is 2.45. The molecule has 0 radical (unpaired) electrons. The molecule has 0 aromatic carbocycles. The summed E-state index contributed by atoms with van der Waals surface area (Å²) in [5.74, 6) is 1.28. The van der Waals surface area contributed by atoms with Crippen molar-refractivity contribution in [3.63, 3.8) is 0 Å². The highest BCUT2D eigenvalue weighted by atomic mass is 16.4. The van der Waals surface area contributed by atoms with Gasteiger partial charge in [0, 0.05) is 19.2 Å². The highest BCUT2D eigenvalue weighted by Crippen LogP contribution is 2.53. The summed E-state index contributed by atoms with van der Waals surface area (Å²) in [5.41, 5.74) is 0.691. The van der Waals surface area contributed by atoms with Gasteiger partial charge in [0.2, 0.25) is 0 Å². The number of anilines is 1. The highest BCUT2D eigenvalue weighted by molar-refractivity contribution is 5.71. The summed E-state index contributed by atoms with van der Waals surface area (Å²) >= 11 is 0. The quantitative estimate of drug-likeness (QED) is 0.695. The first-order valence-electron chi connectivity index (χ1n) is 5.61. The summed E-state index contributed by atoms with van der Waals surface area (Å²) in [6.07, 6.45) is 6.15. The van der Waals surface area contributed by atoms with Crippen molar-refractivity contribution >= 4 is 12.2 Å². The lowest BCUT2D eigenvalue weighted by Gasteiger charge is -2.31. The second-order valence-corrected chi connectivity index (χ2v) is 4.78. The van der Waals surface area contributed by atoms with Crippen LogP contribution in [0.25, 0.3) is 0 Å². The number of rotatable bonds is 2. The minimum Gasteiger partial charge on any atom is -0.438 e. The molecule has 0 bridgehead atoms. The number of hydrogen-bond donors (Lipinski definition) is 0. The van der Waals surface area contributed by atoms with Crippen molar-refractivity contribution in [2.75, 3.05) is 18.0 Å². The maximum Gasteiger partial charge on any atom is 0.196 e. The molecule has 0 N–H and O–H groups in total. The third-order valence-electron chi connectivity index (χ3n) is 3.82. The van der Waals surface area contributed by atoms with Gasteiger partial charge in [0.1, 0.15) is 0 Å². The number of furan rings is 1. The molecular weight excluding hydrogens is 190 g/mol. The van der Waals surface area contributed by atoms with Crippen LogP contribution in [0.2, 0.25) is 0 Å². The van der Waals surface area contributed by atoms with E-state index in [9.17, 15) is 4.79 Å². The molecule has 2 heterocycles. The Balaban J connectivity index is 1.70. The Labute approximate surface area is 89.1 Å². The van der Waals surface area contributed by atoms with Gasteiger partial charge in [-0.25, -0.2) is 0 Å². The number of piperidine rings is 1. The fourth-order valence-corrected chi connectivity index (χ4v) is 2.45. The SMILES string of the molecule is O=Cc1ccc(N2CCC3(CC2)CC3)o1. The summed E-state index contributed by atoms with van der Waals surface area (Å²) in [6.45, 7) is 2.15. The minimum atomic E-state index is 0.428. The van der Waals surface area contributed by atoms with Crippen LogP contribution in [0.4, 0.5) is 5.88 Å². The van der Waals surface area contributed by atoms with E-state index in [0.717, 1.165) is 25.3 Å². The van der Waals surface area contributed by atoms with Crippen LogP contribution >= 0.6 is 0 Å². The van der Waals surface area contributed by atoms with E-state index in [1.54, 1.807) is 6.07 Å². The van der Waals surface area contributed by atoms with Gasteiger partial charge in [-0.15, -0.1) is 0 Å². The Morgan fingerprint density at radius 2 is 1.93 bits per heavy atom. The topological polar surface area (TPSA) is 33.5 Å². The number of aldehydes is 1. The normalized spacial score (nSPS) is 23.1. The van der Waals surface area contributed by atoms with E-state index in [1.165, 1.54) is 25.7 Å². The first-order chi connectivity index (χ1) is 7.31. The molecule has 1 saturated heterocycles. The van der Waals surface area contributed by atoms with Crippen molar-refractivity contribution in [2.24, 2.45) is 5.41 Å². The Bertz CT molecular complexity index is 369. The summed E-state index contributed by atoms with van der Waals surface area (Å²) in [4.78, 5) is 12.8. The molecule has 3 heteroatoms. The van der Waals surface area contributed by atoms with Crippen LogP contribution in [0.5, 0.6) is 0 Å². The lowest BCUT2D eigenvalue weighted by molar-refractivity contribution is 0.110. The van der Waals surface area contributed by atoms with Crippen LogP contribution in [0.3, 0.4) is 0 Å². The predicted octanol–water partition coefficient (Wildman–Crippen LogP) is 2.47. The lowest BCUT2D eigenvalue weighted by Crippen LogP contribution is -2.34. The maximum atomic E-state index is 10.5. The number of hydrogen-bond acceptors (Lipinski definition) is 3. The Morgan fingerprint density at radius 1 is 1.20 bits per heavy atom. The molecule has 80 valence electrons. The van der Waals surface area contributed by atoms with Crippen LogP contribution in [-0.2, 0) is 0 Å². The summed E-state index contributed by atoms with van der Waals surface area (Å²) in [7, 11) is 0. The number of carbonyl (C=O) groups excluding carboxylic acids is 1. The summed E-state index contributed by atoms with van der Waals surface area (Å²) < 4.78 is 5.42. The molecule has 1 saturated carbocycles. The van der Waals surface area contributed by atoms with E-state index in [2.05, 4.69) is 4.90 Å². The van der Waals surface area contributed by atoms with E-state index in [-0.39, 0.29) is 0 Å². The second kappa shape index (κ2) is 3.12. The van der Waals surface area contributed by atoms with Crippen molar-refractivity contribution in [3.05, 3.63) is 17.9 Å². The zero-order valence-corrected chi connectivity index (χ0v) is 8.74. The molecular formula is C12H15NO2. The van der Waals surface area contributed by atoms with Gasteiger partial charge in [0.25, 0.3) is 0 Å². The lowest BCUT2D eigenvalue weighted by atomic mass is 9.94. The van der Waals surface area contributed by atoms with Crippen LogP contribution in [0, 0.1) is 5.41 Å². The Morgan fingerprint density at radius 3 is 2.47 bits per heavy atom. The average Bonchev–Trinajstić information content (AvgIpc) is 2.86. The Hall–Kier alpha value is -1.25. The van der Waals surface area contributed by atoms with Crippen molar-refractivity contribution < 1.29 is 9.21 Å². The fraction of sp³-hybridized carbons (Fsp3) is 0.583. The third-order valence-corrected chi connectivity index (χ3v) is 3.82. The zero-order chi connectivity index (χ0) is 10.3. The molecule has 15 heavy (non-hydrogen) atoms. The molecule has 2 fully saturated rings. The van der Waals surface area contributed by atoms with Gasteiger partial charge in [0.15, 0.2) is 17.9 Å². The van der Waals surface area contributed by atoms with Gasteiger partial charge in [-0.2, -0.15) is 0 Å². The predicted molar refractivity (Wildman–Crippen MR) is 57.2 cm³/mol. The molecule has 3 rings (SSSR count). The summed E-state index contributed by atoms with van der Waals surface area (Å²) in [5, 5.41) is 0. The van der Waals surface area contributed by atoms with Crippen LogP contribution < -0.4 is 4.90 Å². The highest BCUT2D eigenvalue weighted by Gasteiger charge is 2.44. The van der Waals surface area contributed by atoms with Gasteiger partial charge in [-0.3, -0.25) is 4.79 Å². The third kappa shape index (κ3) is 1.56. The molecule has 0 atom stereocenters. The molecule has 1 aromatic rings. The second-order valence-electron chi connectivity index (χ2n) is 4.78. The van der Waals surface area contributed by atoms with Crippen LogP contribution in [0.1, 0.15) is 36.2 Å². The van der Waals surface area contributed by atoms with Crippen LogP contribution in [0.15, 0.2) is 16.5 Å². The van der Waals surface area contributed by atoms with Gasteiger partial charge in [0.05, 0.1) is 0 Å². The van der Waals surface area contributed by atoms with Crippen molar-refractivity contribution in [1.82, 2.24) is 0 Å². The molecule has 2 aliphatic rings. The standard InChI is InChI=1S/C12H15NO2/c14-9-10-1-2-11(15-10)13-7-5-12(3-4-12)6-8-13/h1-2,9H,3-8H2. The van der Waals surface area contributed by atoms with E-state index < -0.39 is 0 Å². The van der Waals surface area contributed by atoms with Gasteiger partial charge in [-0.1, -0.05) is 0 Å². The average molecular weight is 205 g/mol. The molecule has 1 aliphatic carbocycles. The maximum absolute atomic E-state index is 10.5. The monoisotopic (exact) mass is 205 g/mol. The van der Waals surface area contributed by atoms with Gasteiger partial charge >= 0.3 is 0 Å². The zero-order valence-electron chi connectivity index (χ0n) is 8.74. The smallest absolute Gasteiger partial charge is 0.196 e. The molecule has 1 spiro atoms. The van der Waals surface area contributed by atoms with Gasteiger partial charge < -0.3 is 9.32 Å². The number of carbonyl (C=O) groups is 1. The molecule has 1 aliphatic heterocycles. The summed E-state index contributed by atoms with van der Waals surface area (Å²) in [6, 6.07) is 3.64. The van der Waals surface area contributed by atoms with Crippen LogP contribution in [-0.4, -0.2) is 19.4 Å².